The summed E-state index contributed by atoms with van der Waals surface area (Å²) in [5.74, 6) is 1.57. The average Bonchev–Trinajstić information content (AvgIpc) is 2.47. The highest BCUT2D eigenvalue weighted by Crippen LogP contribution is 2.19. The van der Waals surface area contributed by atoms with Crippen molar-refractivity contribution in [1.29, 1.82) is 0 Å². The minimum atomic E-state index is -0.0201. The van der Waals surface area contributed by atoms with Crippen LogP contribution in [-0.4, -0.2) is 16.6 Å². The molecule has 0 fully saturated rings. The summed E-state index contributed by atoms with van der Waals surface area (Å²) in [4.78, 5) is 4.28. The normalized spacial score (nSPS) is 10.2. The molecule has 0 radical (unpaired) electrons. The van der Waals surface area contributed by atoms with Gasteiger partial charge in [-0.1, -0.05) is 24.3 Å². The van der Waals surface area contributed by atoms with Crippen LogP contribution in [0.3, 0.4) is 0 Å². The van der Waals surface area contributed by atoms with Crippen molar-refractivity contribution >= 4 is 5.82 Å². The number of benzene rings is 1. The first-order chi connectivity index (χ1) is 9.33. The Morgan fingerprint density at radius 1 is 1.21 bits per heavy atom. The highest BCUT2D eigenvalue weighted by Gasteiger charge is 2.02. The zero-order chi connectivity index (χ0) is 13.5. The summed E-state index contributed by atoms with van der Waals surface area (Å²) in [7, 11) is 0. The second kappa shape index (κ2) is 6.75. The molecule has 100 valence electrons. The summed E-state index contributed by atoms with van der Waals surface area (Å²) >= 11 is 0. The van der Waals surface area contributed by atoms with Crippen molar-refractivity contribution in [2.45, 2.75) is 20.1 Å². The number of para-hydroxylation sites is 1. The van der Waals surface area contributed by atoms with E-state index in [0.717, 1.165) is 23.5 Å². The van der Waals surface area contributed by atoms with Crippen molar-refractivity contribution in [1.82, 2.24) is 4.98 Å². The first kappa shape index (κ1) is 13.4. The first-order valence-electron chi connectivity index (χ1n) is 6.34. The van der Waals surface area contributed by atoms with Gasteiger partial charge in [0, 0.05) is 23.9 Å². The van der Waals surface area contributed by atoms with Crippen LogP contribution in [0.4, 0.5) is 5.82 Å². The Morgan fingerprint density at radius 3 is 2.74 bits per heavy atom. The molecule has 4 heteroatoms. The third kappa shape index (κ3) is 3.69. The van der Waals surface area contributed by atoms with Crippen LogP contribution in [-0.2, 0) is 13.2 Å². The number of hydrogen-bond acceptors (Lipinski definition) is 4. The lowest BCUT2D eigenvalue weighted by Crippen LogP contribution is -2.02. The molecule has 0 aliphatic heterocycles. The largest absolute Gasteiger partial charge is 0.488 e. The van der Waals surface area contributed by atoms with Gasteiger partial charge in [0.15, 0.2) is 0 Å². The van der Waals surface area contributed by atoms with Gasteiger partial charge < -0.3 is 15.2 Å². The number of pyridine rings is 1. The number of hydrogen-bond donors (Lipinski definition) is 2. The molecule has 0 spiro atoms. The molecule has 0 aliphatic rings. The molecule has 2 rings (SSSR count). The third-order valence-corrected chi connectivity index (χ3v) is 2.72. The quantitative estimate of drug-likeness (QED) is 0.836. The number of aliphatic hydroxyl groups excluding tert-OH is 1. The van der Waals surface area contributed by atoms with E-state index in [2.05, 4.69) is 10.3 Å². The Hall–Kier alpha value is -2.07. The monoisotopic (exact) mass is 258 g/mol. The van der Waals surface area contributed by atoms with Crippen LogP contribution in [0.2, 0.25) is 0 Å². The van der Waals surface area contributed by atoms with E-state index in [-0.39, 0.29) is 6.61 Å². The van der Waals surface area contributed by atoms with Crippen LogP contribution in [0.25, 0.3) is 0 Å². The summed E-state index contributed by atoms with van der Waals surface area (Å²) in [6.07, 6.45) is 1.79. The smallest absolute Gasteiger partial charge is 0.125 e. The molecule has 0 amide bonds. The van der Waals surface area contributed by atoms with Crippen LogP contribution in [0.5, 0.6) is 5.75 Å². The molecule has 2 N–H and O–H groups in total. The average molecular weight is 258 g/mol. The molecule has 0 bridgehead atoms. The fraction of sp³-hybridized carbons (Fsp3) is 0.267. The van der Waals surface area contributed by atoms with E-state index in [4.69, 9.17) is 4.74 Å². The molecule has 2 aromatic rings. The number of aliphatic hydroxyl groups is 1. The molecular weight excluding hydrogens is 240 g/mol. The van der Waals surface area contributed by atoms with Crippen molar-refractivity contribution in [2.24, 2.45) is 0 Å². The maximum absolute atomic E-state index is 9.21. The molecule has 0 saturated carbocycles. The molecule has 1 aromatic heterocycles. The van der Waals surface area contributed by atoms with Crippen molar-refractivity contribution in [3.8, 4) is 5.75 Å². The van der Waals surface area contributed by atoms with Crippen LogP contribution in [0.15, 0.2) is 42.6 Å². The number of nitrogens with one attached hydrogen (secondary N) is 1. The van der Waals surface area contributed by atoms with Crippen LogP contribution in [0, 0.1) is 0 Å². The van der Waals surface area contributed by atoms with E-state index >= 15 is 0 Å². The molecule has 19 heavy (non-hydrogen) atoms. The summed E-state index contributed by atoms with van der Waals surface area (Å²) in [6, 6.07) is 11.4. The first-order valence-corrected chi connectivity index (χ1v) is 6.34. The molecule has 0 atom stereocenters. The highest BCUT2D eigenvalue weighted by atomic mass is 16.5. The van der Waals surface area contributed by atoms with Gasteiger partial charge in [0.25, 0.3) is 0 Å². The second-order valence-electron chi connectivity index (χ2n) is 4.14. The maximum Gasteiger partial charge on any atom is 0.125 e. The van der Waals surface area contributed by atoms with Gasteiger partial charge in [-0.15, -0.1) is 0 Å². The summed E-state index contributed by atoms with van der Waals surface area (Å²) in [6.45, 7) is 3.31. The van der Waals surface area contributed by atoms with E-state index in [1.165, 1.54) is 0 Å². The lowest BCUT2D eigenvalue weighted by Gasteiger charge is -2.10. The molecule has 0 aliphatic carbocycles. The number of nitrogens with zero attached hydrogens (tertiary/aromatic N) is 1. The van der Waals surface area contributed by atoms with Gasteiger partial charge in [0.2, 0.25) is 0 Å². The second-order valence-corrected chi connectivity index (χ2v) is 4.14. The number of ether oxygens (including phenoxy) is 1. The van der Waals surface area contributed by atoms with E-state index in [9.17, 15) is 5.11 Å². The highest BCUT2D eigenvalue weighted by molar-refractivity contribution is 5.36. The predicted molar refractivity (Wildman–Crippen MR) is 75.1 cm³/mol. The summed E-state index contributed by atoms with van der Waals surface area (Å²) in [5, 5.41) is 12.4. The number of rotatable bonds is 6. The standard InChI is InChI=1S/C15H18N2O2/c1-2-16-15-8-7-12(9-17-15)11-19-14-6-4-3-5-13(14)10-18/h3-9,18H,2,10-11H2,1H3,(H,16,17). The van der Waals surface area contributed by atoms with E-state index in [1.54, 1.807) is 6.20 Å². The Labute approximate surface area is 113 Å². The summed E-state index contributed by atoms with van der Waals surface area (Å²) in [5.41, 5.74) is 1.79. The Kier molecular flexibility index (Phi) is 4.75. The SMILES string of the molecule is CCNc1ccc(COc2ccccc2CO)cn1. The Bertz CT molecular complexity index is 512. The lowest BCUT2D eigenvalue weighted by molar-refractivity contribution is 0.259. The van der Waals surface area contributed by atoms with Crippen molar-refractivity contribution < 1.29 is 9.84 Å². The van der Waals surface area contributed by atoms with Gasteiger partial charge in [-0.3, -0.25) is 0 Å². The number of aromatic nitrogens is 1. The molecule has 1 heterocycles. The zero-order valence-electron chi connectivity index (χ0n) is 11.0. The fourth-order valence-electron chi connectivity index (χ4n) is 1.73. The minimum Gasteiger partial charge on any atom is -0.488 e. The van der Waals surface area contributed by atoms with Gasteiger partial charge in [0.05, 0.1) is 6.61 Å². The van der Waals surface area contributed by atoms with Gasteiger partial charge in [-0.2, -0.15) is 0 Å². The van der Waals surface area contributed by atoms with Crippen molar-refractivity contribution in [3.63, 3.8) is 0 Å². The van der Waals surface area contributed by atoms with Gasteiger partial charge in [-0.05, 0) is 19.1 Å². The topological polar surface area (TPSA) is 54.4 Å². The molecule has 0 unspecified atom stereocenters. The van der Waals surface area contributed by atoms with Crippen LogP contribution >= 0.6 is 0 Å². The van der Waals surface area contributed by atoms with E-state index in [0.29, 0.717) is 12.4 Å². The molecule has 4 nitrogen and oxygen atoms in total. The Morgan fingerprint density at radius 2 is 2.05 bits per heavy atom. The molecular formula is C15H18N2O2. The third-order valence-electron chi connectivity index (χ3n) is 2.72. The fourth-order valence-corrected chi connectivity index (χ4v) is 1.73. The minimum absolute atomic E-state index is 0.0201. The Balaban J connectivity index is 1.98. The zero-order valence-corrected chi connectivity index (χ0v) is 11.0. The van der Waals surface area contributed by atoms with Gasteiger partial charge in [-0.25, -0.2) is 4.98 Å². The summed E-state index contributed by atoms with van der Waals surface area (Å²) < 4.78 is 5.69. The van der Waals surface area contributed by atoms with Crippen LogP contribution in [0.1, 0.15) is 18.1 Å². The van der Waals surface area contributed by atoms with Crippen LogP contribution < -0.4 is 10.1 Å². The number of anilines is 1. The molecule has 0 saturated heterocycles. The van der Waals surface area contributed by atoms with Gasteiger partial charge in [0.1, 0.15) is 18.2 Å². The van der Waals surface area contributed by atoms with E-state index < -0.39 is 0 Å². The van der Waals surface area contributed by atoms with Gasteiger partial charge >= 0.3 is 0 Å². The lowest BCUT2D eigenvalue weighted by atomic mass is 10.2. The van der Waals surface area contributed by atoms with Crippen molar-refractivity contribution in [3.05, 3.63) is 53.7 Å². The molecule has 1 aromatic carbocycles. The maximum atomic E-state index is 9.21. The predicted octanol–water partition coefficient (Wildman–Crippen LogP) is 2.58. The van der Waals surface area contributed by atoms with Crippen molar-refractivity contribution in [2.75, 3.05) is 11.9 Å². The van der Waals surface area contributed by atoms with E-state index in [1.807, 2.05) is 43.3 Å².